The molecule has 1 heterocycles. The second-order valence-electron chi connectivity index (χ2n) is 4.66. The summed E-state index contributed by atoms with van der Waals surface area (Å²) in [5.74, 6) is -0.931. The molecule has 0 atom stereocenters. The van der Waals surface area contributed by atoms with Crippen molar-refractivity contribution in [3.05, 3.63) is 63.9 Å². The summed E-state index contributed by atoms with van der Waals surface area (Å²) < 4.78 is 5.65. The first-order valence-corrected chi connectivity index (χ1v) is 7.72. The summed E-state index contributed by atoms with van der Waals surface area (Å²) in [6, 6.07) is 12.3. The van der Waals surface area contributed by atoms with E-state index >= 15 is 0 Å². The molecule has 0 saturated heterocycles. The van der Waals surface area contributed by atoms with E-state index in [0.717, 1.165) is 36.0 Å². The van der Waals surface area contributed by atoms with E-state index in [9.17, 15) is 4.79 Å². The second-order valence-corrected chi connectivity index (χ2v) is 5.66. The van der Waals surface area contributed by atoms with Crippen LogP contribution in [0.1, 0.15) is 22.4 Å². The highest BCUT2D eigenvalue weighted by molar-refractivity contribution is 7.10. The molecular weight excluding hydrogens is 284 g/mol. The van der Waals surface area contributed by atoms with E-state index in [-0.39, 0.29) is 0 Å². The van der Waals surface area contributed by atoms with E-state index in [1.165, 1.54) is 5.56 Å². The number of benzene rings is 1. The van der Waals surface area contributed by atoms with Gasteiger partial charge >= 0.3 is 5.97 Å². The third-order valence-electron chi connectivity index (χ3n) is 2.93. The van der Waals surface area contributed by atoms with Crippen molar-refractivity contribution in [1.29, 1.82) is 0 Å². The predicted molar refractivity (Wildman–Crippen MR) is 85.4 cm³/mol. The molecule has 1 aromatic heterocycles. The molecule has 3 nitrogen and oxygen atoms in total. The number of rotatable bonds is 8. The fraction of sp³-hybridized carbons (Fsp3) is 0.235. The van der Waals surface area contributed by atoms with Crippen molar-refractivity contribution in [3.63, 3.8) is 0 Å². The normalized spacial score (nSPS) is 11.0. The van der Waals surface area contributed by atoms with E-state index in [0.29, 0.717) is 6.61 Å². The van der Waals surface area contributed by atoms with Gasteiger partial charge in [0.15, 0.2) is 0 Å². The molecule has 110 valence electrons. The number of ether oxygens (including phenoxy) is 1. The summed E-state index contributed by atoms with van der Waals surface area (Å²) in [6.45, 7) is 1.31. The van der Waals surface area contributed by atoms with E-state index in [1.54, 1.807) is 17.4 Å². The summed E-state index contributed by atoms with van der Waals surface area (Å²) in [6.07, 6.45) is 4.77. The van der Waals surface area contributed by atoms with Crippen molar-refractivity contribution in [2.24, 2.45) is 0 Å². The highest BCUT2D eigenvalue weighted by atomic mass is 32.1. The Balaban J connectivity index is 1.66. The maximum atomic E-state index is 10.4. The van der Waals surface area contributed by atoms with Gasteiger partial charge in [-0.1, -0.05) is 30.3 Å². The lowest BCUT2D eigenvalue weighted by atomic mass is 10.1. The second kappa shape index (κ2) is 8.39. The molecule has 0 amide bonds. The van der Waals surface area contributed by atoms with Gasteiger partial charge in [0, 0.05) is 17.6 Å². The number of carbonyl (C=O) groups is 1. The number of hydrogen-bond donors (Lipinski definition) is 1. The third kappa shape index (κ3) is 5.94. The van der Waals surface area contributed by atoms with Crippen LogP contribution >= 0.6 is 11.3 Å². The van der Waals surface area contributed by atoms with Crippen LogP contribution in [0.4, 0.5) is 0 Å². The van der Waals surface area contributed by atoms with E-state index in [1.807, 2.05) is 29.6 Å². The monoisotopic (exact) mass is 302 g/mol. The van der Waals surface area contributed by atoms with Gasteiger partial charge in [-0.15, -0.1) is 11.3 Å². The molecule has 2 aromatic rings. The average Bonchev–Trinajstić information content (AvgIpc) is 2.94. The third-order valence-corrected chi connectivity index (χ3v) is 3.86. The summed E-state index contributed by atoms with van der Waals surface area (Å²) in [5.41, 5.74) is 2.24. The Bertz CT molecular complexity index is 587. The Morgan fingerprint density at radius 3 is 2.86 bits per heavy atom. The van der Waals surface area contributed by atoms with Gasteiger partial charge < -0.3 is 9.84 Å². The molecule has 0 bridgehead atoms. The quantitative estimate of drug-likeness (QED) is 0.592. The van der Waals surface area contributed by atoms with Crippen molar-refractivity contribution in [2.75, 3.05) is 6.61 Å². The van der Waals surface area contributed by atoms with Crippen LogP contribution in [0.5, 0.6) is 0 Å². The van der Waals surface area contributed by atoms with E-state index in [4.69, 9.17) is 9.84 Å². The topological polar surface area (TPSA) is 46.5 Å². The highest BCUT2D eigenvalue weighted by Crippen LogP contribution is 2.17. The fourth-order valence-corrected chi connectivity index (χ4v) is 2.71. The van der Waals surface area contributed by atoms with Crippen LogP contribution in [-0.4, -0.2) is 17.7 Å². The van der Waals surface area contributed by atoms with Crippen LogP contribution in [0.15, 0.2) is 47.9 Å². The number of thiophene rings is 1. The maximum absolute atomic E-state index is 10.4. The zero-order valence-corrected chi connectivity index (χ0v) is 12.5. The number of carboxylic acids is 1. The fourth-order valence-electron chi connectivity index (χ4n) is 1.92. The van der Waals surface area contributed by atoms with Crippen LogP contribution in [0.3, 0.4) is 0 Å². The predicted octanol–water partition coefficient (Wildman–Crippen LogP) is 4.00. The standard InChI is InChI=1S/C17H18O3S/c18-17(19)9-8-15-11-16(21-13-15)12-20-10-4-7-14-5-2-1-3-6-14/h1-3,5-6,8-9,11,13H,4,7,10,12H2,(H,18,19). The van der Waals surface area contributed by atoms with Crippen molar-refractivity contribution >= 4 is 23.4 Å². The molecule has 2 rings (SSSR count). The minimum Gasteiger partial charge on any atom is -0.478 e. The summed E-state index contributed by atoms with van der Waals surface area (Å²) in [7, 11) is 0. The zero-order chi connectivity index (χ0) is 14.9. The van der Waals surface area contributed by atoms with Crippen molar-refractivity contribution in [1.82, 2.24) is 0 Å². The molecule has 1 aromatic carbocycles. The molecule has 4 heteroatoms. The lowest BCUT2D eigenvalue weighted by molar-refractivity contribution is -0.131. The lowest BCUT2D eigenvalue weighted by Gasteiger charge is -2.03. The summed E-state index contributed by atoms with van der Waals surface area (Å²) in [5, 5.41) is 10.5. The first-order valence-electron chi connectivity index (χ1n) is 6.84. The Kier molecular flexibility index (Phi) is 6.19. The Morgan fingerprint density at radius 1 is 1.29 bits per heavy atom. The zero-order valence-electron chi connectivity index (χ0n) is 11.7. The SMILES string of the molecule is O=C(O)C=Cc1csc(COCCCc2ccccc2)c1. The Morgan fingerprint density at radius 2 is 2.10 bits per heavy atom. The van der Waals surface area contributed by atoms with E-state index in [2.05, 4.69) is 12.1 Å². The molecule has 0 spiro atoms. The van der Waals surface area contributed by atoms with Crippen LogP contribution in [-0.2, 0) is 22.6 Å². The van der Waals surface area contributed by atoms with Crippen molar-refractivity contribution < 1.29 is 14.6 Å². The maximum Gasteiger partial charge on any atom is 0.328 e. The van der Waals surface area contributed by atoms with Crippen LogP contribution in [0.2, 0.25) is 0 Å². The molecule has 0 radical (unpaired) electrons. The summed E-state index contributed by atoms with van der Waals surface area (Å²) >= 11 is 1.59. The molecule has 0 aliphatic heterocycles. The largest absolute Gasteiger partial charge is 0.478 e. The van der Waals surface area contributed by atoms with Crippen molar-refractivity contribution in [2.45, 2.75) is 19.4 Å². The molecule has 0 aliphatic carbocycles. The Hall–Kier alpha value is -1.91. The van der Waals surface area contributed by atoms with Crippen LogP contribution < -0.4 is 0 Å². The number of hydrogen-bond acceptors (Lipinski definition) is 3. The average molecular weight is 302 g/mol. The first kappa shape index (κ1) is 15.5. The summed E-state index contributed by atoms with van der Waals surface area (Å²) in [4.78, 5) is 11.5. The minimum atomic E-state index is -0.931. The molecule has 1 N–H and O–H groups in total. The van der Waals surface area contributed by atoms with Gasteiger partial charge in [0.25, 0.3) is 0 Å². The van der Waals surface area contributed by atoms with Gasteiger partial charge in [-0.3, -0.25) is 0 Å². The van der Waals surface area contributed by atoms with Crippen LogP contribution in [0, 0.1) is 0 Å². The van der Waals surface area contributed by atoms with Crippen molar-refractivity contribution in [3.8, 4) is 0 Å². The molecule has 0 fully saturated rings. The minimum absolute atomic E-state index is 0.584. The Labute approximate surface area is 128 Å². The van der Waals surface area contributed by atoms with Gasteiger partial charge in [0.2, 0.25) is 0 Å². The van der Waals surface area contributed by atoms with Gasteiger partial charge in [0.1, 0.15) is 0 Å². The number of aryl methyl sites for hydroxylation is 1. The number of carboxylic acid groups (broad SMARTS) is 1. The van der Waals surface area contributed by atoms with E-state index < -0.39 is 5.97 Å². The molecule has 0 aliphatic rings. The molecule has 21 heavy (non-hydrogen) atoms. The smallest absolute Gasteiger partial charge is 0.328 e. The van der Waals surface area contributed by atoms with Crippen LogP contribution in [0.25, 0.3) is 6.08 Å². The molecule has 0 saturated carbocycles. The first-order chi connectivity index (χ1) is 10.2. The molecule has 0 unspecified atom stereocenters. The lowest BCUT2D eigenvalue weighted by Crippen LogP contribution is -1.96. The van der Waals surface area contributed by atoms with Gasteiger partial charge in [-0.25, -0.2) is 4.79 Å². The number of aliphatic carboxylic acids is 1. The van der Waals surface area contributed by atoms with Gasteiger partial charge in [-0.2, -0.15) is 0 Å². The van der Waals surface area contributed by atoms with Gasteiger partial charge in [0.05, 0.1) is 6.61 Å². The molecular formula is C17H18O3S. The van der Waals surface area contributed by atoms with Gasteiger partial charge in [-0.05, 0) is 41.5 Å². The highest BCUT2D eigenvalue weighted by Gasteiger charge is 1.99.